The number of hydrogen-bond donors (Lipinski definition) is 1. The molecule has 0 bridgehead atoms. The van der Waals surface area contributed by atoms with Crippen molar-refractivity contribution in [2.24, 2.45) is 4.99 Å². The SMILES string of the molecule is CC(C)(N=C=O)c1c[nH]c2ncnc(Cl)c12. The zero-order valence-corrected chi connectivity index (χ0v) is 9.54. The molecule has 0 fully saturated rings. The van der Waals surface area contributed by atoms with Crippen molar-refractivity contribution in [3.05, 3.63) is 23.2 Å². The van der Waals surface area contributed by atoms with Crippen LogP contribution in [-0.4, -0.2) is 21.0 Å². The average Bonchev–Trinajstić information content (AvgIpc) is 2.63. The van der Waals surface area contributed by atoms with Gasteiger partial charge in [0.2, 0.25) is 6.08 Å². The molecule has 2 aromatic rings. The van der Waals surface area contributed by atoms with Crippen molar-refractivity contribution >= 4 is 28.7 Å². The molecular weight excluding hydrogens is 228 g/mol. The molecule has 0 radical (unpaired) electrons. The van der Waals surface area contributed by atoms with Gasteiger partial charge in [-0.15, -0.1) is 0 Å². The van der Waals surface area contributed by atoms with Crippen LogP contribution in [0.1, 0.15) is 19.4 Å². The first-order valence-electron chi connectivity index (χ1n) is 4.63. The van der Waals surface area contributed by atoms with Gasteiger partial charge in [0.25, 0.3) is 0 Å². The molecule has 0 aliphatic rings. The summed E-state index contributed by atoms with van der Waals surface area (Å²) in [6, 6.07) is 0. The highest BCUT2D eigenvalue weighted by Gasteiger charge is 2.25. The standard InChI is InChI=1S/C10H9ClN4O/c1-10(2,15-5-16)6-3-12-9-7(6)8(11)13-4-14-9/h3-4H,1-2H3,(H,12,13,14). The summed E-state index contributed by atoms with van der Waals surface area (Å²) in [5, 5.41) is 1.03. The van der Waals surface area contributed by atoms with Gasteiger partial charge in [-0.05, 0) is 13.8 Å². The van der Waals surface area contributed by atoms with E-state index in [4.69, 9.17) is 11.6 Å². The summed E-state index contributed by atoms with van der Waals surface area (Å²) in [4.78, 5) is 25.0. The maximum atomic E-state index is 10.4. The van der Waals surface area contributed by atoms with E-state index in [0.717, 1.165) is 5.56 Å². The van der Waals surface area contributed by atoms with Crippen LogP contribution in [0.3, 0.4) is 0 Å². The predicted octanol–water partition coefficient (Wildman–Crippen LogP) is 2.18. The summed E-state index contributed by atoms with van der Waals surface area (Å²) >= 11 is 6.00. The maximum absolute atomic E-state index is 10.4. The largest absolute Gasteiger partial charge is 0.346 e. The molecule has 6 heteroatoms. The number of nitrogens with one attached hydrogen (secondary N) is 1. The minimum atomic E-state index is -0.700. The Morgan fingerprint density at radius 2 is 2.25 bits per heavy atom. The van der Waals surface area contributed by atoms with E-state index in [1.807, 2.05) is 0 Å². The van der Waals surface area contributed by atoms with Crippen molar-refractivity contribution < 1.29 is 4.79 Å². The molecule has 0 aromatic carbocycles. The number of rotatable bonds is 2. The predicted molar refractivity (Wildman–Crippen MR) is 60.0 cm³/mol. The van der Waals surface area contributed by atoms with Gasteiger partial charge in [-0.1, -0.05) is 11.6 Å². The summed E-state index contributed by atoms with van der Waals surface area (Å²) < 4.78 is 0. The van der Waals surface area contributed by atoms with Crippen LogP contribution in [0.2, 0.25) is 5.15 Å². The normalized spacial score (nSPS) is 11.4. The van der Waals surface area contributed by atoms with Gasteiger partial charge in [0.15, 0.2) is 0 Å². The van der Waals surface area contributed by atoms with Crippen LogP contribution in [0.25, 0.3) is 11.0 Å². The van der Waals surface area contributed by atoms with Gasteiger partial charge in [0, 0.05) is 11.8 Å². The number of aliphatic imine (C=N–C) groups is 1. The number of halogens is 1. The Kier molecular flexibility index (Phi) is 2.50. The second kappa shape index (κ2) is 3.70. The van der Waals surface area contributed by atoms with Crippen LogP contribution in [0.4, 0.5) is 0 Å². The van der Waals surface area contributed by atoms with Gasteiger partial charge in [-0.3, -0.25) is 0 Å². The lowest BCUT2D eigenvalue weighted by Crippen LogP contribution is -2.12. The zero-order valence-electron chi connectivity index (χ0n) is 8.78. The van der Waals surface area contributed by atoms with E-state index in [9.17, 15) is 4.79 Å². The fraction of sp³-hybridized carbons (Fsp3) is 0.300. The third kappa shape index (κ3) is 1.60. The Bertz CT molecular complexity index is 584. The summed E-state index contributed by atoms with van der Waals surface area (Å²) in [7, 11) is 0. The first kappa shape index (κ1) is 10.8. The second-order valence-corrected chi connectivity index (χ2v) is 4.21. The van der Waals surface area contributed by atoms with Crippen molar-refractivity contribution in [3.8, 4) is 0 Å². The molecule has 2 rings (SSSR count). The van der Waals surface area contributed by atoms with Crippen LogP contribution < -0.4 is 0 Å². The van der Waals surface area contributed by atoms with E-state index in [0.29, 0.717) is 16.2 Å². The summed E-state index contributed by atoms with van der Waals surface area (Å²) in [5.74, 6) is 0. The molecule has 0 aliphatic heterocycles. The third-order valence-corrected chi connectivity index (χ3v) is 2.69. The van der Waals surface area contributed by atoms with Crippen molar-refractivity contribution in [3.63, 3.8) is 0 Å². The fourth-order valence-electron chi connectivity index (χ4n) is 1.58. The van der Waals surface area contributed by atoms with Gasteiger partial charge in [0.05, 0.1) is 10.9 Å². The Morgan fingerprint density at radius 1 is 1.50 bits per heavy atom. The van der Waals surface area contributed by atoms with Crippen molar-refractivity contribution in [1.29, 1.82) is 0 Å². The smallest absolute Gasteiger partial charge is 0.235 e. The monoisotopic (exact) mass is 236 g/mol. The Balaban J connectivity index is 2.75. The fourth-order valence-corrected chi connectivity index (χ4v) is 1.82. The molecule has 0 saturated heterocycles. The highest BCUT2D eigenvalue weighted by atomic mass is 35.5. The van der Waals surface area contributed by atoms with Crippen LogP contribution in [0, 0.1) is 0 Å². The minimum Gasteiger partial charge on any atom is -0.346 e. The number of hydrogen-bond acceptors (Lipinski definition) is 4. The minimum absolute atomic E-state index is 0.343. The lowest BCUT2D eigenvalue weighted by Gasteiger charge is -2.16. The third-order valence-electron chi connectivity index (χ3n) is 2.41. The van der Waals surface area contributed by atoms with Gasteiger partial charge >= 0.3 is 0 Å². The van der Waals surface area contributed by atoms with Gasteiger partial charge < -0.3 is 4.98 Å². The number of isocyanates is 1. The maximum Gasteiger partial charge on any atom is 0.235 e. The Labute approximate surface area is 96.6 Å². The van der Waals surface area contributed by atoms with Crippen LogP contribution >= 0.6 is 11.6 Å². The van der Waals surface area contributed by atoms with E-state index in [1.165, 1.54) is 6.33 Å². The lowest BCUT2D eigenvalue weighted by atomic mass is 9.96. The molecule has 0 atom stereocenters. The van der Waals surface area contributed by atoms with E-state index in [2.05, 4.69) is 19.9 Å². The van der Waals surface area contributed by atoms with Crippen molar-refractivity contribution in [2.45, 2.75) is 19.4 Å². The molecule has 5 nitrogen and oxygen atoms in total. The Hall–Kier alpha value is -1.71. The molecule has 82 valence electrons. The number of aromatic amines is 1. The molecular formula is C10H9ClN4O. The number of aromatic nitrogens is 3. The van der Waals surface area contributed by atoms with Crippen LogP contribution in [-0.2, 0) is 10.3 Å². The first-order chi connectivity index (χ1) is 7.56. The van der Waals surface area contributed by atoms with Crippen molar-refractivity contribution in [1.82, 2.24) is 15.0 Å². The molecule has 1 N–H and O–H groups in total. The highest BCUT2D eigenvalue weighted by molar-refractivity contribution is 6.34. The molecule has 2 heterocycles. The van der Waals surface area contributed by atoms with Gasteiger partial charge in [-0.2, -0.15) is 4.99 Å². The Morgan fingerprint density at radius 3 is 2.94 bits per heavy atom. The van der Waals surface area contributed by atoms with Crippen LogP contribution in [0.15, 0.2) is 17.5 Å². The molecule has 16 heavy (non-hydrogen) atoms. The topological polar surface area (TPSA) is 71.0 Å². The van der Waals surface area contributed by atoms with Gasteiger partial charge in [0.1, 0.15) is 17.1 Å². The summed E-state index contributed by atoms with van der Waals surface area (Å²) in [5.41, 5.74) is 0.703. The van der Waals surface area contributed by atoms with Gasteiger partial charge in [-0.25, -0.2) is 14.8 Å². The van der Waals surface area contributed by atoms with E-state index in [-0.39, 0.29) is 0 Å². The number of nitrogens with zero attached hydrogens (tertiary/aromatic N) is 3. The van der Waals surface area contributed by atoms with E-state index >= 15 is 0 Å². The summed E-state index contributed by atoms with van der Waals surface area (Å²) in [6.45, 7) is 3.59. The molecule has 2 aromatic heterocycles. The quantitative estimate of drug-likeness (QED) is 0.494. The molecule has 0 saturated carbocycles. The average molecular weight is 237 g/mol. The second-order valence-electron chi connectivity index (χ2n) is 3.85. The molecule has 0 unspecified atom stereocenters. The number of fused-ring (bicyclic) bond motifs is 1. The summed E-state index contributed by atoms with van der Waals surface area (Å²) in [6.07, 6.45) is 4.66. The molecule has 0 aliphatic carbocycles. The first-order valence-corrected chi connectivity index (χ1v) is 5.01. The van der Waals surface area contributed by atoms with Crippen LogP contribution in [0.5, 0.6) is 0 Å². The van der Waals surface area contributed by atoms with E-state index in [1.54, 1.807) is 26.1 Å². The van der Waals surface area contributed by atoms with Crippen molar-refractivity contribution in [2.75, 3.05) is 0 Å². The van der Waals surface area contributed by atoms with E-state index < -0.39 is 5.54 Å². The molecule has 0 spiro atoms. The number of carbonyl (C=O) groups excluding carboxylic acids is 1. The highest BCUT2D eigenvalue weighted by Crippen LogP contribution is 2.33. The molecule has 0 amide bonds. The lowest BCUT2D eigenvalue weighted by molar-refractivity contribution is 0.525. The zero-order chi connectivity index (χ0) is 11.8. The number of H-pyrrole nitrogens is 1.